The number of thiophene rings is 1. The highest BCUT2D eigenvalue weighted by Crippen LogP contribution is 2.19. The third-order valence-electron chi connectivity index (χ3n) is 3.53. The molecule has 2 rings (SSSR count). The van der Waals surface area contributed by atoms with E-state index < -0.39 is 0 Å². The molecule has 1 aromatic carbocycles. The van der Waals surface area contributed by atoms with Gasteiger partial charge in [0.2, 0.25) is 0 Å². The van der Waals surface area contributed by atoms with Crippen molar-refractivity contribution in [2.75, 3.05) is 7.11 Å². The van der Waals surface area contributed by atoms with Crippen LogP contribution in [-0.2, 0) is 6.42 Å². The van der Waals surface area contributed by atoms with E-state index in [9.17, 15) is 0 Å². The molecule has 1 N–H and O–H groups in total. The molecule has 1 heterocycles. The molecule has 0 saturated carbocycles. The number of nitrogens with one attached hydrogen (secondary N) is 1. The van der Waals surface area contributed by atoms with Gasteiger partial charge in [-0.25, -0.2) is 0 Å². The molecule has 0 saturated heterocycles. The summed E-state index contributed by atoms with van der Waals surface area (Å²) >= 11 is 1.82. The van der Waals surface area contributed by atoms with Gasteiger partial charge in [0.25, 0.3) is 0 Å². The van der Waals surface area contributed by atoms with Gasteiger partial charge in [-0.2, -0.15) is 0 Å². The smallest absolute Gasteiger partial charge is 0.118 e. The van der Waals surface area contributed by atoms with Crippen molar-refractivity contribution in [1.29, 1.82) is 0 Å². The normalized spacial score (nSPS) is 13.9. The van der Waals surface area contributed by atoms with Crippen molar-refractivity contribution in [3.05, 3.63) is 52.2 Å². The summed E-state index contributed by atoms with van der Waals surface area (Å²) in [4.78, 5) is 1.40. The lowest BCUT2D eigenvalue weighted by molar-refractivity contribution is 0.414. The second kappa shape index (κ2) is 7.46. The Morgan fingerprint density at radius 1 is 1.15 bits per heavy atom. The van der Waals surface area contributed by atoms with Gasteiger partial charge in [-0.05, 0) is 55.8 Å². The zero-order chi connectivity index (χ0) is 14.4. The van der Waals surface area contributed by atoms with Crippen molar-refractivity contribution < 1.29 is 4.74 Å². The molecule has 2 atom stereocenters. The Morgan fingerprint density at radius 3 is 2.50 bits per heavy atom. The second-order valence-electron chi connectivity index (χ2n) is 5.19. The van der Waals surface area contributed by atoms with Crippen LogP contribution in [0.4, 0.5) is 0 Å². The summed E-state index contributed by atoms with van der Waals surface area (Å²) in [5, 5.41) is 5.80. The number of methoxy groups -OCH3 is 1. The fraction of sp³-hybridized carbons (Fsp3) is 0.412. The molecule has 1 aromatic heterocycles. The minimum atomic E-state index is 0.431. The van der Waals surface area contributed by atoms with Crippen LogP contribution >= 0.6 is 11.3 Å². The Bertz CT molecular complexity index is 492. The maximum absolute atomic E-state index is 5.18. The van der Waals surface area contributed by atoms with Gasteiger partial charge in [-0.3, -0.25) is 0 Å². The van der Waals surface area contributed by atoms with E-state index in [1.165, 1.54) is 10.4 Å². The predicted molar refractivity (Wildman–Crippen MR) is 86.6 cm³/mol. The SMILES string of the molecule is COc1ccc(CCC(C)N[C@H](C)c2cccs2)cc1. The Morgan fingerprint density at radius 2 is 1.90 bits per heavy atom. The van der Waals surface area contributed by atoms with Gasteiger partial charge in [-0.1, -0.05) is 18.2 Å². The van der Waals surface area contributed by atoms with Crippen LogP contribution < -0.4 is 10.1 Å². The van der Waals surface area contributed by atoms with E-state index in [0.29, 0.717) is 12.1 Å². The quantitative estimate of drug-likeness (QED) is 0.814. The molecule has 0 fully saturated rings. The number of benzene rings is 1. The molecule has 0 amide bonds. The first-order valence-corrected chi connectivity index (χ1v) is 7.99. The van der Waals surface area contributed by atoms with Crippen molar-refractivity contribution in [3.63, 3.8) is 0 Å². The molecule has 1 unspecified atom stereocenters. The van der Waals surface area contributed by atoms with E-state index in [1.807, 2.05) is 23.5 Å². The molecule has 0 aliphatic rings. The van der Waals surface area contributed by atoms with Gasteiger partial charge in [0.05, 0.1) is 7.11 Å². The van der Waals surface area contributed by atoms with Gasteiger partial charge in [0.1, 0.15) is 5.75 Å². The Balaban J connectivity index is 1.78. The summed E-state index contributed by atoms with van der Waals surface area (Å²) < 4.78 is 5.18. The predicted octanol–water partition coefficient (Wildman–Crippen LogP) is 4.43. The summed E-state index contributed by atoms with van der Waals surface area (Å²) in [6.45, 7) is 4.49. The monoisotopic (exact) mass is 289 g/mol. The van der Waals surface area contributed by atoms with Crippen molar-refractivity contribution in [3.8, 4) is 5.75 Å². The van der Waals surface area contributed by atoms with Gasteiger partial charge in [0, 0.05) is 17.0 Å². The molecule has 0 spiro atoms. The van der Waals surface area contributed by atoms with Crippen LogP contribution in [0.2, 0.25) is 0 Å². The molecule has 108 valence electrons. The standard InChI is InChI=1S/C17H23NOS/c1-13(18-14(2)17-5-4-12-20-17)6-7-15-8-10-16(19-3)11-9-15/h4-5,8-14,18H,6-7H2,1-3H3/t13?,14-/m1/s1. The van der Waals surface area contributed by atoms with Crippen LogP contribution in [0.5, 0.6) is 5.75 Å². The zero-order valence-electron chi connectivity index (χ0n) is 12.4. The molecule has 20 heavy (non-hydrogen) atoms. The summed E-state index contributed by atoms with van der Waals surface area (Å²) in [7, 11) is 1.70. The van der Waals surface area contributed by atoms with Gasteiger partial charge >= 0.3 is 0 Å². The van der Waals surface area contributed by atoms with E-state index in [4.69, 9.17) is 4.74 Å². The number of aryl methyl sites for hydroxylation is 1. The average molecular weight is 289 g/mol. The van der Waals surface area contributed by atoms with Crippen molar-refractivity contribution in [1.82, 2.24) is 5.32 Å². The summed E-state index contributed by atoms with van der Waals surface area (Å²) in [5.74, 6) is 0.922. The molecular formula is C17H23NOS. The van der Waals surface area contributed by atoms with Crippen molar-refractivity contribution >= 4 is 11.3 Å². The Kier molecular flexibility index (Phi) is 5.62. The fourth-order valence-electron chi connectivity index (χ4n) is 2.31. The van der Waals surface area contributed by atoms with E-state index in [-0.39, 0.29) is 0 Å². The first-order valence-electron chi connectivity index (χ1n) is 7.11. The number of hydrogen-bond donors (Lipinski definition) is 1. The van der Waals surface area contributed by atoms with Crippen LogP contribution in [0.3, 0.4) is 0 Å². The summed E-state index contributed by atoms with van der Waals surface area (Å²) in [6.07, 6.45) is 2.23. The largest absolute Gasteiger partial charge is 0.497 e. The minimum absolute atomic E-state index is 0.431. The highest BCUT2D eigenvalue weighted by molar-refractivity contribution is 7.10. The van der Waals surface area contributed by atoms with E-state index in [1.54, 1.807) is 7.11 Å². The average Bonchev–Trinajstić information content (AvgIpc) is 3.00. The second-order valence-corrected chi connectivity index (χ2v) is 6.17. The summed E-state index contributed by atoms with van der Waals surface area (Å²) in [5.41, 5.74) is 1.36. The van der Waals surface area contributed by atoms with Crippen LogP contribution in [0.1, 0.15) is 36.8 Å². The van der Waals surface area contributed by atoms with Gasteiger partial charge < -0.3 is 10.1 Å². The van der Waals surface area contributed by atoms with E-state index >= 15 is 0 Å². The Labute approximate surface area is 125 Å². The molecule has 2 nitrogen and oxygen atoms in total. The molecule has 0 aliphatic carbocycles. The number of rotatable bonds is 7. The Hall–Kier alpha value is -1.32. The molecular weight excluding hydrogens is 266 g/mol. The number of hydrogen-bond acceptors (Lipinski definition) is 3. The minimum Gasteiger partial charge on any atom is -0.497 e. The first kappa shape index (κ1) is 15.1. The van der Waals surface area contributed by atoms with E-state index in [0.717, 1.165) is 18.6 Å². The first-order chi connectivity index (χ1) is 9.69. The molecule has 0 aliphatic heterocycles. The van der Waals surface area contributed by atoms with Crippen LogP contribution in [0, 0.1) is 0 Å². The van der Waals surface area contributed by atoms with Crippen LogP contribution in [0.15, 0.2) is 41.8 Å². The van der Waals surface area contributed by atoms with Crippen molar-refractivity contribution in [2.24, 2.45) is 0 Å². The topological polar surface area (TPSA) is 21.3 Å². The van der Waals surface area contributed by atoms with Crippen molar-refractivity contribution in [2.45, 2.75) is 38.8 Å². The van der Waals surface area contributed by atoms with Gasteiger partial charge in [-0.15, -0.1) is 11.3 Å². The summed E-state index contributed by atoms with van der Waals surface area (Å²) in [6, 6.07) is 13.6. The third kappa shape index (κ3) is 4.36. The maximum Gasteiger partial charge on any atom is 0.118 e. The van der Waals surface area contributed by atoms with Crippen LogP contribution in [-0.4, -0.2) is 13.2 Å². The fourth-order valence-corrected chi connectivity index (χ4v) is 3.05. The lowest BCUT2D eigenvalue weighted by Crippen LogP contribution is -2.28. The number of ether oxygens (including phenoxy) is 1. The highest BCUT2D eigenvalue weighted by Gasteiger charge is 2.10. The molecule has 0 bridgehead atoms. The molecule has 0 radical (unpaired) electrons. The van der Waals surface area contributed by atoms with Crippen LogP contribution in [0.25, 0.3) is 0 Å². The van der Waals surface area contributed by atoms with Gasteiger partial charge in [0.15, 0.2) is 0 Å². The lowest BCUT2D eigenvalue weighted by Gasteiger charge is -2.19. The van der Waals surface area contributed by atoms with E-state index in [2.05, 4.69) is 48.8 Å². The maximum atomic E-state index is 5.18. The molecule has 3 heteroatoms. The third-order valence-corrected chi connectivity index (χ3v) is 4.58. The molecule has 2 aromatic rings. The highest BCUT2D eigenvalue weighted by atomic mass is 32.1. The zero-order valence-corrected chi connectivity index (χ0v) is 13.2. The lowest BCUT2D eigenvalue weighted by atomic mass is 10.1.